The molecule has 0 fully saturated rings. The Kier molecular flexibility index (Phi) is 3.68. The Balaban J connectivity index is 1.75. The maximum absolute atomic E-state index is 5.70. The third-order valence-corrected chi connectivity index (χ3v) is 2.88. The van der Waals surface area contributed by atoms with Gasteiger partial charge in [0.2, 0.25) is 11.8 Å². The van der Waals surface area contributed by atoms with Gasteiger partial charge in [-0.05, 0) is 32.0 Å². The molecule has 21 heavy (non-hydrogen) atoms. The van der Waals surface area contributed by atoms with Gasteiger partial charge in [0.25, 0.3) is 0 Å². The van der Waals surface area contributed by atoms with Gasteiger partial charge in [0.1, 0.15) is 0 Å². The highest BCUT2D eigenvalue weighted by molar-refractivity contribution is 5.43. The molecule has 0 unspecified atom stereocenters. The van der Waals surface area contributed by atoms with Gasteiger partial charge in [0, 0.05) is 24.5 Å². The fourth-order valence-corrected chi connectivity index (χ4v) is 1.97. The van der Waals surface area contributed by atoms with E-state index in [0.29, 0.717) is 18.4 Å². The molecule has 1 N–H and O–H groups in total. The highest BCUT2D eigenvalue weighted by Crippen LogP contribution is 2.17. The number of ether oxygens (including phenoxy) is 1. The zero-order chi connectivity index (χ0) is 14.7. The summed E-state index contributed by atoms with van der Waals surface area (Å²) in [4.78, 5) is 8.66. The first-order chi connectivity index (χ1) is 10.2. The monoisotopic (exact) mass is 283 g/mol. The summed E-state index contributed by atoms with van der Waals surface area (Å²) in [7, 11) is 0. The third-order valence-electron chi connectivity index (χ3n) is 2.88. The first-order valence-electron chi connectivity index (χ1n) is 6.88. The molecular formula is C15H17N5O. The summed E-state index contributed by atoms with van der Waals surface area (Å²) in [6.45, 7) is 4.53. The van der Waals surface area contributed by atoms with Crippen LogP contribution in [0.25, 0.3) is 5.65 Å². The van der Waals surface area contributed by atoms with E-state index in [2.05, 4.69) is 20.4 Å². The Morgan fingerprint density at radius 2 is 2.14 bits per heavy atom. The van der Waals surface area contributed by atoms with Crippen LogP contribution in [0, 0.1) is 0 Å². The molecule has 0 radical (unpaired) electrons. The minimum atomic E-state index is 0.0898. The topological polar surface area (TPSA) is 64.3 Å². The minimum absolute atomic E-state index is 0.0898. The van der Waals surface area contributed by atoms with Crippen molar-refractivity contribution in [1.82, 2.24) is 19.6 Å². The van der Waals surface area contributed by atoms with Gasteiger partial charge in [-0.15, -0.1) is 5.10 Å². The molecule has 0 saturated heterocycles. The molecule has 0 spiro atoms. The predicted octanol–water partition coefficient (Wildman–Crippen LogP) is 2.52. The second-order valence-corrected chi connectivity index (χ2v) is 4.93. The van der Waals surface area contributed by atoms with E-state index >= 15 is 0 Å². The van der Waals surface area contributed by atoms with Gasteiger partial charge < -0.3 is 10.1 Å². The van der Waals surface area contributed by atoms with Gasteiger partial charge in [0.15, 0.2) is 5.65 Å². The Morgan fingerprint density at radius 1 is 1.24 bits per heavy atom. The van der Waals surface area contributed by atoms with E-state index in [4.69, 9.17) is 4.74 Å². The molecule has 0 atom stereocenters. The number of pyridine rings is 2. The smallest absolute Gasteiger partial charge is 0.243 e. The van der Waals surface area contributed by atoms with Gasteiger partial charge in [0.05, 0.1) is 6.10 Å². The molecule has 0 aliphatic rings. The molecule has 0 bridgehead atoms. The number of nitrogens with zero attached hydrogens (tertiary/aromatic N) is 4. The standard InChI is InChI=1S/C15H17N5O/c1-11(2)21-14-12(6-5-8-16-14)10-17-15-18-13-7-3-4-9-20(13)19-15/h3-9,11H,10H2,1-2H3,(H,17,19). The Morgan fingerprint density at radius 3 is 2.95 bits per heavy atom. The lowest BCUT2D eigenvalue weighted by Gasteiger charge is -2.12. The number of fused-ring (bicyclic) bond motifs is 1. The molecule has 6 heteroatoms. The van der Waals surface area contributed by atoms with Crippen molar-refractivity contribution >= 4 is 11.6 Å². The van der Waals surface area contributed by atoms with E-state index < -0.39 is 0 Å². The van der Waals surface area contributed by atoms with Crippen LogP contribution in [0.1, 0.15) is 19.4 Å². The lowest BCUT2D eigenvalue weighted by molar-refractivity contribution is 0.230. The highest BCUT2D eigenvalue weighted by Gasteiger charge is 2.08. The molecule has 3 rings (SSSR count). The molecule has 6 nitrogen and oxygen atoms in total. The zero-order valence-electron chi connectivity index (χ0n) is 12.0. The van der Waals surface area contributed by atoms with Crippen molar-refractivity contribution in [3.8, 4) is 5.88 Å². The van der Waals surface area contributed by atoms with Crippen molar-refractivity contribution in [3.63, 3.8) is 0 Å². The number of hydrogen-bond acceptors (Lipinski definition) is 5. The van der Waals surface area contributed by atoms with Crippen molar-refractivity contribution in [2.24, 2.45) is 0 Å². The van der Waals surface area contributed by atoms with Crippen LogP contribution in [0.3, 0.4) is 0 Å². The Labute approximate surface area is 122 Å². The van der Waals surface area contributed by atoms with Gasteiger partial charge in [-0.3, -0.25) is 0 Å². The van der Waals surface area contributed by atoms with Gasteiger partial charge >= 0.3 is 0 Å². The first kappa shape index (κ1) is 13.4. The molecule has 0 aliphatic heterocycles. The van der Waals surface area contributed by atoms with Gasteiger partial charge in [-0.1, -0.05) is 12.1 Å². The number of anilines is 1. The summed E-state index contributed by atoms with van der Waals surface area (Å²) < 4.78 is 7.43. The largest absolute Gasteiger partial charge is 0.475 e. The summed E-state index contributed by atoms with van der Waals surface area (Å²) in [6.07, 6.45) is 3.68. The quantitative estimate of drug-likeness (QED) is 0.779. The number of rotatable bonds is 5. The van der Waals surface area contributed by atoms with Crippen molar-refractivity contribution in [3.05, 3.63) is 48.3 Å². The van der Waals surface area contributed by atoms with Crippen LogP contribution in [0.2, 0.25) is 0 Å². The lowest BCUT2D eigenvalue weighted by Crippen LogP contribution is -2.11. The van der Waals surface area contributed by atoms with Crippen molar-refractivity contribution < 1.29 is 4.74 Å². The van der Waals surface area contributed by atoms with Gasteiger partial charge in [-0.25, -0.2) is 9.50 Å². The fourth-order valence-electron chi connectivity index (χ4n) is 1.97. The van der Waals surface area contributed by atoms with E-state index in [1.165, 1.54) is 0 Å². The summed E-state index contributed by atoms with van der Waals surface area (Å²) in [5.74, 6) is 1.23. The van der Waals surface area contributed by atoms with E-state index in [-0.39, 0.29) is 6.10 Å². The lowest BCUT2D eigenvalue weighted by atomic mass is 10.2. The Bertz CT molecular complexity index is 705. The molecule has 0 aliphatic carbocycles. The van der Waals surface area contributed by atoms with Crippen molar-refractivity contribution in [2.45, 2.75) is 26.5 Å². The fraction of sp³-hybridized carbons (Fsp3) is 0.267. The van der Waals surface area contributed by atoms with Crippen molar-refractivity contribution in [2.75, 3.05) is 5.32 Å². The average Bonchev–Trinajstić information content (AvgIpc) is 2.88. The normalized spacial score (nSPS) is 11.0. The molecule has 3 aromatic rings. The summed E-state index contributed by atoms with van der Waals surface area (Å²) >= 11 is 0. The van der Waals surface area contributed by atoms with E-state index in [0.717, 1.165) is 11.2 Å². The van der Waals surface area contributed by atoms with Crippen LogP contribution in [0.5, 0.6) is 5.88 Å². The first-order valence-corrected chi connectivity index (χ1v) is 6.88. The van der Waals surface area contributed by atoms with Crippen LogP contribution < -0.4 is 10.1 Å². The summed E-state index contributed by atoms with van der Waals surface area (Å²) in [5.41, 5.74) is 1.79. The van der Waals surface area contributed by atoms with E-state index in [9.17, 15) is 0 Å². The zero-order valence-corrected chi connectivity index (χ0v) is 12.0. The number of hydrogen-bond donors (Lipinski definition) is 1. The third kappa shape index (κ3) is 3.10. The van der Waals surface area contributed by atoms with Crippen LogP contribution in [0.4, 0.5) is 5.95 Å². The molecule has 3 heterocycles. The van der Waals surface area contributed by atoms with Crippen LogP contribution >= 0.6 is 0 Å². The van der Waals surface area contributed by atoms with Crippen LogP contribution in [-0.2, 0) is 6.54 Å². The molecule has 0 aromatic carbocycles. The van der Waals surface area contributed by atoms with Crippen molar-refractivity contribution in [1.29, 1.82) is 0 Å². The molecule has 108 valence electrons. The van der Waals surface area contributed by atoms with E-state index in [1.54, 1.807) is 10.7 Å². The number of nitrogens with one attached hydrogen (secondary N) is 1. The SMILES string of the molecule is CC(C)Oc1ncccc1CNc1nc2ccccn2n1. The number of aromatic nitrogens is 4. The summed E-state index contributed by atoms with van der Waals surface area (Å²) in [6, 6.07) is 9.63. The highest BCUT2D eigenvalue weighted by atomic mass is 16.5. The summed E-state index contributed by atoms with van der Waals surface area (Å²) in [5, 5.41) is 7.55. The molecule has 3 aromatic heterocycles. The average molecular weight is 283 g/mol. The molecular weight excluding hydrogens is 266 g/mol. The van der Waals surface area contributed by atoms with Gasteiger partial charge in [-0.2, -0.15) is 4.98 Å². The predicted molar refractivity (Wildman–Crippen MR) is 80.3 cm³/mol. The Hall–Kier alpha value is -2.63. The molecule has 0 amide bonds. The second kappa shape index (κ2) is 5.78. The van der Waals surface area contributed by atoms with E-state index in [1.807, 2.05) is 50.4 Å². The maximum Gasteiger partial charge on any atom is 0.243 e. The maximum atomic E-state index is 5.70. The minimum Gasteiger partial charge on any atom is -0.475 e. The second-order valence-electron chi connectivity index (χ2n) is 4.93. The molecule has 0 saturated carbocycles. The van der Waals surface area contributed by atoms with Crippen LogP contribution in [0.15, 0.2) is 42.7 Å². The van der Waals surface area contributed by atoms with Crippen LogP contribution in [-0.4, -0.2) is 25.7 Å².